The lowest BCUT2D eigenvalue weighted by Crippen LogP contribution is -2.09. The van der Waals surface area contributed by atoms with Crippen LogP contribution in [0.5, 0.6) is 0 Å². The fourth-order valence-electron chi connectivity index (χ4n) is 1.26. The Labute approximate surface area is 86.8 Å². The Bertz CT molecular complexity index is 489. The summed E-state index contributed by atoms with van der Waals surface area (Å²) in [6.45, 7) is 1.84. The van der Waals surface area contributed by atoms with E-state index in [0.29, 0.717) is 11.4 Å². The number of carbonyl (C=O) groups is 1. The molecule has 2 aromatic heterocycles. The lowest BCUT2D eigenvalue weighted by atomic mass is 10.2. The highest BCUT2D eigenvalue weighted by Gasteiger charge is 2.15. The van der Waals surface area contributed by atoms with Crippen LogP contribution in [-0.2, 0) is 7.05 Å². The molecule has 2 aromatic rings. The predicted octanol–water partition coefficient (Wildman–Crippen LogP) is 0.750. The van der Waals surface area contributed by atoms with Gasteiger partial charge in [0.15, 0.2) is 0 Å². The van der Waals surface area contributed by atoms with Crippen LogP contribution < -0.4 is 0 Å². The van der Waals surface area contributed by atoms with Crippen LogP contribution >= 0.6 is 0 Å². The zero-order chi connectivity index (χ0) is 10.8. The molecule has 0 unspecified atom stereocenters. The number of imidazole rings is 1. The van der Waals surface area contributed by atoms with Crippen molar-refractivity contribution in [3.63, 3.8) is 0 Å². The van der Waals surface area contributed by atoms with Crippen LogP contribution in [-0.4, -0.2) is 25.3 Å². The van der Waals surface area contributed by atoms with Gasteiger partial charge in [-0.15, -0.1) is 0 Å². The van der Waals surface area contributed by atoms with E-state index >= 15 is 0 Å². The van der Waals surface area contributed by atoms with Crippen molar-refractivity contribution in [2.45, 2.75) is 6.92 Å². The lowest BCUT2D eigenvalue weighted by molar-refractivity contribution is 0.102. The van der Waals surface area contributed by atoms with Gasteiger partial charge < -0.3 is 4.57 Å². The molecule has 0 aliphatic heterocycles. The van der Waals surface area contributed by atoms with Gasteiger partial charge in [-0.05, 0) is 6.92 Å². The third kappa shape index (κ3) is 1.63. The van der Waals surface area contributed by atoms with Gasteiger partial charge in [0.2, 0.25) is 5.78 Å². The highest BCUT2D eigenvalue weighted by Crippen LogP contribution is 2.07. The maximum Gasteiger partial charge on any atom is 0.230 e. The van der Waals surface area contributed by atoms with Gasteiger partial charge in [-0.1, -0.05) is 0 Å². The van der Waals surface area contributed by atoms with Crippen molar-refractivity contribution in [3.8, 4) is 0 Å². The van der Waals surface area contributed by atoms with Crippen molar-refractivity contribution in [3.05, 3.63) is 42.0 Å². The summed E-state index contributed by atoms with van der Waals surface area (Å²) in [6, 6.07) is 0. The van der Waals surface area contributed by atoms with Crippen molar-refractivity contribution >= 4 is 5.78 Å². The largest absolute Gasteiger partial charge is 0.329 e. The fourth-order valence-corrected chi connectivity index (χ4v) is 1.26. The number of carbonyl (C=O) groups excluding carboxylic acids is 1. The SMILES string of the molecule is Cc1ncc(C(=O)c2cnccn2)n1C. The highest BCUT2D eigenvalue weighted by atomic mass is 16.1. The number of aromatic nitrogens is 4. The van der Waals surface area contributed by atoms with Crippen LogP contribution in [0.1, 0.15) is 22.0 Å². The van der Waals surface area contributed by atoms with E-state index in [9.17, 15) is 4.79 Å². The summed E-state index contributed by atoms with van der Waals surface area (Å²) < 4.78 is 1.73. The molecule has 76 valence electrons. The average molecular weight is 202 g/mol. The van der Waals surface area contributed by atoms with E-state index in [1.807, 2.05) is 6.92 Å². The molecule has 0 saturated heterocycles. The fraction of sp³-hybridized carbons (Fsp3) is 0.200. The third-order valence-electron chi connectivity index (χ3n) is 2.25. The number of ketones is 1. The molecular formula is C10H10N4O. The first-order valence-electron chi connectivity index (χ1n) is 4.49. The monoisotopic (exact) mass is 202 g/mol. The van der Waals surface area contributed by atoms with E-state index in [0.717, 1.165) is 5.82 Å². The van der Waals surface area contributed by atoms with Gasteiger partial charge in [0.05, 0.1) is 12.4 Å². The topological polar surface area (TPSA) is 60.7 Å². The molecule has 0 spiro atoms. The highest BCUT2D eigenvalue weighted by molar-refractivity contribution is 6.06. The van der Waals surface area contributed by atoms with Crippen LogP contribution in [0.2, 0.25) is 0 Å². The zero-order valence-electron chi connectivity index (χ0n) is 8.51. The second-order valence-corrected chi connectivity index (χ2v) is 3.17. The predicted molar refractivity (Wildman–Crippen MR) is 53.4 cm³/mol. The van der Waals surface area contributed by atoms with Crippen LogP contribution in [0.4, 0.5) is 0 Å². The first kappa shape index (κ1) is 9.51. The summed E-state index contributed by atoms with van der Waals surface area (Å²) in [7, 11) is 1.80. The normalized spacial score (nSPS) is 10.3. The molecule has 0 saturated carbocycles. The van der Waals surface area contributed by atoms with Gasteiger partial charge >= 0.3 is 0 Å². The number of hydrogen-bond donors (Lipinski definition) is 0. The average Bonchev–Trinajstić information content (AvgIpc) is 2.60. The maximum absolute atomic E-state index is 11.9. The van der Waals surface area contributed by atoms with Crippen molar-refractivity contribution in [1.82, 2.24) is 19.5 Å². The van der Waals surface area contributed by atoms with Gasteiger partial charge in [0, 0.05) is 19.4 Å². The van der Waals surface area contributed by atoms with E-state index in [2.05, 4.69) is 15.0 Å². The van der Waals surface area contributed by atoms with Gasteiger partial charge in [-0.3, -0.25) is 9.78 Å². The minimum absolute atomic E-state index is 0.161. The molecule has 0 amide bonds. The van der Waals surface area contributed by atoms with Crippen LogP contribution in [0.15, 0.2) is 24.8 Å². The molecule has 0 N–H and O–H groups in total. The number of rotatable bonds is 2. The first-order chi connectivity index (χ1) is 7.20. The quantitative estimate of drug-likeness (QED) is 0.674. The van der Waals surface area contributed by atoms with Crippen LogP contribution in [0.25, 0.3) is 0 Å². The van der Waals surface area contributed by atoms with Gasteiger partial charge in [-0.25, -0.2) is 9.97 Å². The Morgan fingerprint density at radius 3 is 2.60 bits per heavy atom. The Balaban J connectivity index is 2.42. The molecule has 0 aliphatic carbocycles. The van der Waals surface area contributed by atoms with Crippen molar-refractivity contribution in [1.29, 1.82) is 0 Å². The smallest absolute Gasteiger partial charge is 0.230 e. The van der Waals surface area contributed by atoms with Gasteiger partial charge in [0.25, 0.3) is 0 Å². The molecule has 0 aliphatic rings. The number of nitrogens with zero attached hydrogens (tertiary/aromatic N) is 4. The Morgan fingerprint density at radius 1 is 1.27 bits per heavy atom. The molecular weight excluding hydrogens is 192 g/mol. The summed E-state index contributed by atoms with van der Waals surface area (Å²) in [5.74, 6) is 0.633. The summed E-state index contributed by atoms with van der Waals surface area (Å²) in [4.78, 5) is 23.8. The molecule has 2 rings (SSSR count). The number of hydrogen-bond acceptors (Lipinski definition) is 4. The van der Waals surface area contributed by atoms with E-state index in [-0.39, 0.29) is 5.78 Å². The van der Waals surface area contributed by atoms with Crippen molar-refractivity contribution in [2.75, 3.05) is 0 Å². The van der Waals surface area contributed by atoms with Crippen molar-refractivity contribution in [2.24, 2.45) is 7.05 Å². The number of aryl methyl sites for hydroxylation is 1. The molecule has 2 heterocycles. The maximum atomic E-state index is 11.9. The Kier molecular flexibility index (Phi) is 2.29. The zero-order valence-corrected chi connectivity index (χ0v) is 8.51. The van der Waals surface area contributed by atoms with E-state index in [4.69, 9.17) is 0 Å². The summed E-state index contributed by atoms with van der Waals surface area (Å²) >= 11 is 0. The first-order valence-corrected chi connectivity index (χ1v) is 4.49. The molecule has 0 fully saturated rings. The second kappa shape index (κ2) is 3.61. The molecule has 15 heavy (non-hydrogen) atoms. The summed E-state index contributed by atoms with van der Waals surface area (Å²) in [5, 5.41) is 0. The summed E-state index contributed by atoms with van der Waals surface area (Å²) in [6.07, 6.45) is 6.03. The molecule has 0 aromatic carbocycles. The van der Waals surface area contributed by atoms with E-state index in [1.54, 1.807) is 17.8 Å². The molecule has 0 atom stereocenters. The molecule has 0 bridgehead atoms. The third-order valence-corrected chi connectivity index (χ3v) is 2.25. The Hall–Kier alpha value is -2.04. The minimum Gasteiger partial charge on any atom is -0.329 e. The van der Waals surface area contributed by atoms with E-state index < -0.39 is 0 Å². The second-order valence-electron chi connectivity index (χ2n) is 3.17. The van der Waals surface area contributed by atoms with E-state index in [1.165, 1.54) is 18.6 Å². The standard InChI is InChI=1S/C10H10N4O/c1-7-13-6-9(14(7)2)10(15)8-5-11-3-4-12-8/h3-6H,1-2H3. The summed E-state index contributed by atoms with van der Waals surface area (Å²) in [5.41, 5.74) is 0.855. The van der Waals surface area contributed by atoms with Crippen LogP contribution in [0, 0.1) is 6.92 Å². The van der Waals surface area contributed by atoms with Gasteiger partial charge in [-0.2, -0.15) is 0 Å². The lowest BCUT2D eigenvalue weighted by Gasteiger charge is -2.01. The Morgan fingerprint density at radius 2 is 2.07 bits per heavy atom. The van der Waals surface area contributed by atoms with Gasteiger partial charge in [0.1, 0.15) is 17.2 Å². The molecule has 5 heteroatoms. The van der Waals surface area contributed by atoms with Crippen molar-refractivity contribution < 1.29 is 4.79 Å². The minimum atomic E-state index is -0.161. The molecule has 0 radical (unpaired) electrons. The van der Waals surface area contributed by atoms with Crippen LogP contribution in [0.3, 0.4) is 0 Å². The molecule has 5 nitrogen and oxygen atoms in total.